The number of methoxy groups -OCH3 is 3. The van der Waals surface area contributed by atoms with Crippen LogP contribution < -0.4 is 18.5 Å². The third-order valence-corrected chi connectivity index (χ3v) is 9.36. The Bertz CT molecular complexity index is 1710. The Balaban J connectivity index is 1.85. The number of nitrogens with zero attached hydrogens (tertiary/aromatic N) is 4. The van der Waals surface area contributed by atoms with Gasteiger partial charge in [0.05, 0.1) is 27.0 Å². The second-order valence-corrected chi connectivity index (χ2v) is 12.0. The smallest absolute Gasteiger partial charge is 0.274 e. The van der Waals surface area contributed by atoms with Crippen LogP contribution >= 0.6 is 11.6 Å². The molecule has 2 amide bonds. The molecule has 2 aliphatic rings. The summed E-state index contributed by atoms with van der Waals surface area (Å²) < 4.78 is 45.9. The van der Waals surface area contributed by atoms with Crippen LogP contribution in [-0.2, 0) is 25.2 Å². The first kappa shape index (κ1) is 29.4. The van der Waals surface area contributed by atoms with Crippen molar-refractivity contribution in [3.63, 3.8) is 0 Å². The average Bonchev–Trinajstić information content (AvgIpc) is 3.57. The lowest BCUT2D eigenvalue weighted by atomic mass is 9.81. The third kappa shape index (κ3) is 4.29. The normalized spacial score (nSPS) is 20.0. The number of hydrogen-bond donors (Lipinski definition) is 0. The van der Waals surface area contributed by atoms with E-state index >= 15 is 4.79 Å². The summed E-state index contributed by atoms with van der Waals surface area (Å²) in [6, 6.07) is 11.0. The van der Waals surface area contributed by atoms with E-state index in [2.05, 4.69) is 4.98 Å². The molecule has 0 spiro atoms. The molecule has 220 valence electrons. The maximum atomic E-state index is 15.1. The molecule has 5 rings (SSSR count). The van der Waals surface area contributed by atoms with Gasteiger partial charge in [0.15, 0.2) is 5.54 Å². The van der Waals surface area contributed by atoms with Gasteiger partial charge in [0.1, 0.15) is 22.4 Å². The second-order valence-electron chi connectivity index (χ2n) is 9.78. The molecule has 0 radical (unpaired) electrons. The number of fused-ring (bicyclic) bond motifs is 1. The van der Waals surface area contributed by atoms with Crippen molar-refractivity contribution in [1.29, 1.82) is 0 Å². The lowest BCUT2D eigenvalue weighted by molar-refractivity contribution is -0.137. The Morgan fingerprint density at radius 3 is 2.48 bits per heavy atom. The Morgan fingerprint density at radius 2 is 1.81 bits per heavy atom. The maximum absolute atomic E-state index is 15.1. The quantitative estimate of drug-likeness (QED) is 0.354. The zero-order chi connectivity index (χ0) is 30.4. The van der Waals surface area contributed by atoms with Gasteiger partial charge in [-0.25, -0.2) is 17.7 Å². The van der Waals surface area contributed by atoms with Crippen LogP contribution in [0.15, 0.2) is 71.8 Å². The van der Waals surface area contributed by atoms with E-state index in [-0.39, 0.29) is 50.8 Å². The Kier molecular flexibility index (Phi) is 7.64. The fraction of sp³-hybridized carbons (Fsp3) is 0.276. The van der Waals surface area contributed by atoms with E-state index in [4.69, 9.17) is 25.8 Å². The summed E-state index contributed by atoms with van der Waals surface area (Å²) in [6.45, 7) is 0.139. The van der Waals surface area contributed by atoms with Crippen LogP contribution in [0.2, 0.25) is 5.02 Å². The molecule has 42 heavy (non-hydrogen) atoms. The van der Waals surface area contributed by atoms with Gasteiger partial charge in [-0.05, 0) is 42.5 Å². The number of carbonyl (C=O) groups is 2. The third-order valence-electron chi connectivity index (χ3n) is 7.39. The van der Waals surface area contributed by atoms with Gasteiger partial charge in [0.2, 0.25) is 11.8 Å². The van der Waals surface area contributed by atoms with Gasteiger partial charge in [-0.2, -0.15) is 0 Å². The number of aromatic nitrogens is 1. The summed E-state index contributed by atoms with van der Waals surface area (Å²) in [6.07, 6.45) is 4.95. The largest absolute Gasteiger partial charge is 0.497 e. The first-order chi connectivity index (χ1) is 20.0. The molecule has 2 aliphatic heterocycles. The summed E-state index contributed by atoms with van der Waals surface area (Å²) >= 11 is 6.51. The van der Waals surface area contributed by atoms with Gasteiger partial charge in [0.25, 0.3) is 15.9 Å². The van der Waals surface area contributed by atoms with Gasteiger partial charge in [-0.1, -0.05) is 23.8 Å². The number of pyridine rings is 1. The number of likely N-dealkylation sites (N-methyl/N-ethyl adjacent to an activating group) is 1. The van der Waals surface area contributed by atoms with Gasteiger partial charge in [-0.3, -0.25) is 14.5 Å². The summed E-state index contributed by atoms with van der Waals surface area (Å²) in [5.74, 6) is -0.725. The number of hydrogen-bond acceptors (Lipinski definition) is 9. The maximum Gasteiger partial charge on any atom is 0.274 e. The van der Waals surface area contributed by atoms with E-state index in [9.17, 15) is 13.2 Å². The summed E-state index contributed by atoms with van der Waals surface area (Å²) in [5.41, 5.74) is -1.31. The van der Waals surface area contributed by atoms with Crippen LogP contribution in [0.3, 0.4) is 0 Å². The molecule has 0 saturated carbocycles. The first-order valence-corrected chi connectivity index (χ1v) is 14.6. The lowest BCUT2D eigenvalue weighted by Gasteiger charge is -2.41. The number of carbonyl (C=O) groups excluding carboxylic acids is 2. The zero-order valence-electron chi connectivity index (χ0n) is 23.6. The van der Waals surface area contributed by atoms with Crippen molar-refractivity contribution in [2.75, 3.05) is 46.3 Å². The lowest BCUT2D eigenvalue weighted by Crippen LogP contribution is -2.59. The Morgan fingerprint density at radius 1 is 1.05 bits per heavy atom. The molecule has 13 heteroatoms. The standard InChI is InChI=1S/C29H29ClN4O7S/c1-32(2)27(35)23-9-7-15-33(23)29(20-8-6-14-31-26(20)41-5)21-16-18(30)10-12-22(21)34(28(29)36)42(37,38)25-13-11-19(39-3)17-24(25)40-4/h6-14,16-17,23H,15H2,1-5H3/t23?,29-/m1/s1. The Labute approximate surface area is 248 Å². The summed E-state index contributed by atoms with van der Waals surface area (Å²) in [4.78, 5) is 35.7. The predicted molar refractivity (Wildman–Crippen MR) is 156 cm³/mol. The van der Waals surface area contributed by atoms with Crippen LogP contribution in [0.5, 0.6) is 17.4 Å². The number of halogens is 1. The molecule has 1 aromatic heterocycles. The van der Waals surface area contributed by atoms with Crippen molar-refractivity contribution < 1.29 is 32.2 Å². The molecule has 2 atom stereocenters. The SMILES string of the molecule is COc1ccc(S(=O)(=O)N2C(=O)[C@](c3cccnc3OC)(N3CC=CC3C(=O)N(C)C)c3cc(Cl)ccc32)c(OC)c1. The minimum Gasteiger partial charge on any atom is -0.497 e. The number of anilines is 1. The van der Waals surface area contributed by atoms with E-state index in [1.54, 1.807) is 43.3 Å². The number of benzene rings is 2. The monoisotopic (exact) mass is 612 g/mol. The average molecular weight is 613 g/mol. The fourth-order valence-electron chi connectivity index (χ4n) is 5.54. The fourth-order valence-corrected chi connectivity index (χ4v) is 7.31. The van der Waals surface area contributed by atoms with Crippen LogP contribution in [-0.4, -0.2) is 83.0 Å². The Hall–Kier alpha value is -4.13. The van der Waals surface area contributed by atoms with Crippen molar-refractivity contribution in [2.45, 2.75) is 16.5 Å². The molecular weight excluding hydrogens is 584 g/mol. The molecule has 2 aromatic carbocycles. The van der Waals surface area contributed by atoms with E-state index < -0.39 is 27.5 Å². The molecule has 3 aromatic rings. The zero-order valence-corrected chi connectivity index (χ0v) is 25.1. The van der Waals surface area contributed by atoms with Gasteiger partial charge >= 0.3 is 0 Å². The minimum atomic E-state index is -4.61. The van der Waals surface area contributed by atoms with Crippen LogP contribution in [0, 0.1) is 0 Å². The summed E-state index contributed by atoms with van der Waals surface area (Å²) in [5, 5.41) is 0.262. The van der Waals surface area contributed by atoms with Crippen LogP contribution in [0.1, 0.15) is 11.1 Å². The van der Waals surface area contributed by atoms with Crippen molar-refractivity contribution in [3.05, 3.63) is 83.0 Å². The molecule has 0 aliphatic carbocycles. The highest BCUT2D eigenvalue weighted by Crippen LogP contribution is 2.54. The van der Waals surface area contributed by atoms with E-state index in [0.29, 0.717) is 5.75 Å². The predicted octanol–water partition coefficient (Wildman–Crippen LogP) is 3.07. The number of ether oxygens (including phenoxy) is 3. The highest BCUT2D eigenvalue weighted by atomic mass is 35.5. The van der Waals surface area contributed by atoms with Gasteiger partial charge in [0, 0.05) is 49.1 Å². The molecule has 0 bridgehead atoms. The molecule has 0 fully saturated rings. The second kappa shape index (κ2) is 10.9. The first-order valence-electron chi connectivity index (χ1n) is 12.8. The van der Waals surface area contributed by atoms with Crippen molar-refractivity contribution >= 4 is 39.1 Å². The topological polar surface area (TPSA) is 119 Å². The van der Waals surface area contributed by atoms with Crippen molar-refractivity contribution in [2.24, 2.45) is 0 Å². The molecular formula is C29H29ClN4O7S. The highest BCUT2D eigenvalue weighted by molar-refractivity contribution is 7.93. The molecule has 0 N–H and O–H groups in total. The van der Waals surface area contributed by atoms with Gasteiger partial charge < -0.3 is 19.1 Å². The molecule has 0 saturated heterocycles. The van der Waals surface area contributed by atoms with Gasteiger partial charge in [-0.15, -0.1) is 0 Å². The number of rotatable bonds is 8. The number of sulfonamides is 1. The van der Waals surface area contributed by atoms with Crippen LogP contribution in [0.25, 0.3) is 0 Å². The van der Waals surface area contributed by atoms with E-state index in [1.165, 1.54) is 68.8 Å². The highest BCUT2D eigenvalue weighted by Gasteiger charge is 2.63. The number of amides is 2. The molecule has 11 nitrogen and oxygen atoms in total. The minimum absolute atomic E-state index is 0.0161. The van der Waals surface area contributed by atoms with Crippen molar-refractivity contribution in [1.82, 2.24) is 14.8 Å². The summed E-state index contributed by atoms with van der Waals surface area (Å²) in [7, 11) is 2.78. The molecule has 3 heterocycles. The molecule has 1 unspecified atom stereocenters. The van der Waals surface area contributed by atoms with Crippen LogP contribution in [0.4, 0.5) is 5.69 Å². The van der Waals surface area contributed by atoms with E-state index in [1.807, 2.05) is 0 Å². The van der Waals surface area contributed by atoms with Crippen molar-refractivity contribution in [3.8, 4) is 17.4 Å². The van der Waals surface area contributed by atoms with E-state index in [0.717, 1.165) is 4.31 Å².